The van der Waals surface area contributed by atoms with Crippen LogP contribution in [0.25, 0.3) is 0 Å². The Balaban J connectivity index is 1.57. The molecule has 22 heavy (non-hydrogen) atoms. The minimum absolute atomic E-state index is 0.0719. The van der Waals surface area contributed by atoms with Gasteiger partial charge in [-0.25, -0.2) is 4.79 Å². The van der Waals surface area contributed by atoms with Gasteiger partial charge < -0.3 is 15.3 Å². The second kappa shape index (κ2) is 7.14. The van der Waals surface area contributed by atoms with E-state index in [0.717, 1.165) is 51.6 Å². The Kier molecular flexibility index (Phi) is 4.98. The highest BCUT2D eigenvalue weighted by atomic mass is 16.3. The van der Waals surface area contributed by atoms with Crippen molar-refractivity contribution in [1.82, 2.24) is 10.2 Å². The molecule has 4 nitrogen and oxygen atoms in total. The lowest BCUT2D eigenvalue weighted by Gasteiger charge is -2.26. The highest BCUT2D eigenvalue weighted by Crippen LogP contribution is 2.28. The average Bonchev–Trinajstić information content (AvgIpc) is 2.84. The molecule has 1 saturated carbocycles. The van der Waals surface area contributed by atoms with Gasteiger partial charge in [0.2, 0.25) is 0 Å². The van der Waals surface area contributed by atoms with Gasteiger partial charge >= 0.3 is 6.03 Å². The van der Waals surface area contributed by atoms with Crippen molar-refractivity contribution >= 4 is 6.03 Å². The van der Waals surface area contributed by atoms with Crippen LogP contribution in [0.3, 0.4) is 0 Å². The van der Waals surface area contributed by atoms with Crippen molar-refractivity contribution < 1.29 is 9.90 Å². The van der Waals surface area contributed by atoms with Crippen LogP contribution in [0, 0.1) is 5.92 Å². The molecule has 2 aliphatic rings. The molecule has 0 spiro atoms. The molecule has 0 radical (unpaired) electrons. The number of rotatable bonds is 3. The molecule has 1 aromatic rings. The van der Waals surface area contributed by atoms with E-state index in [1.807, 2.05) is 4.90 Å². The number of nitrogens with one attached hydrogen (secondary N) is 1. The third kappa shape index (κ3) is 3.43. The standard InChI is InChI=1S/C18H26N2O2/c21-13-10-16-6-3-7-17(16)19-18(22)20-11-8-14-4-1-2-5-15(14)9-12-20/h1-2,4-5,16-17,21H,3,6-13H2,(H,19,22). The van der Waals surface area contributed by atoms with Gasteiger partial charge in [-0.15, -0.1) is 0 Å². The first kappa shape index (κ1) is 15.3. The third-order valence-corrected chi connectivity index (χ3v) is 5.18. The van der Waals surface area contributed by atoms with Crippen LogP contribution in [0.15, 0.2) is 24.3 Å². The second-order valence-corrected chi connectivity index (χ2v) is 6.52. The molecule has 1 aliphatic carbocycles. The van der Waals surface area contributed by atoms with Crippen LogP contribution in [0.1, 0.15) is 36.8 Å². The van der Waals surface area contributed by atoms with Crippen molar-refractivity contribution in [2.45, 2.75) is 44.6 Å². The minimum Gasteiger partial charge on any atom is -0.396 e. The molecule has 0 aromatic heterocycles. The molecule has 2 unspecified atom stereocenters. The van der Waals surface area contributed by atoms with Gasteiger partial charge in [0.15, 0.2) is 0 Å². The summed E-state index contributed by atoms with van der Waals surface area (Å²) in [5, 5.41) is 12.4. The molecular formula is C18H26N2O2. The normalized spacial score (nSPS) is 24.7. The first-order valence-electron chi connectivity index (χ1n) is 8.51. The summed E-state index contributed by atoms with van der Waals surface area (Å²) in [6.07, 6.45) is 6.00. The Labute approximate surface area is 132 Å². The summed E-state index contributed by atoms with van der Waals surface area (Å²) >= 11 is 0. The monoisotopic (exact) mass is 302 g/mol. The first-order chi connectivity index (χ1) is 10.8. The van der Waals surface area contributed by atoms with Gasteiger partial charge in [0.25, 0.3) is 0 Å². The van der Waals surface area contributed by atoms with Crippen LogP contribution in [0.2, 0.25) is 0 Å². The molecule has 4 heteroatoms. The lowest BCUT2D eigenvalue weighted by atomic mass is 10.0. The van der Waals surface area contributed by atoms with Crippen LogP contribution in [-0.4, -0.2) is 41.8 Å². The van der Waals surface area contributed by atoms with Crippen LogP contribution in [-0.2, 0) is 12.8 Å². The Hall–Kier alpha value is -1.55. The number of carbonyl (C=O) groups is 1. The summed E-state index contributed by atoms with van der Waals surface area (Å²) in [4.78, 5) is 14.5. The minimum atomic E-state index is 0.0719. The van der Waals surface area contributed by atoms with E-state index in [4.69, 9.17) is 5.11 Å². The molecule has 0 bridgehead atoms. The van der Waals surface area contributed by atoms with E-state index in [9.17, 15) is 4.79 Å². The fraction of sp³-hybridized carbons (Fsp3) is 0.611. The number of aliphatic hydroxyl groups excluding tert-OH is 1. The second-order valence-electron chi connectivity index (χ2n) is 6.52. The quantitative estimate of drug-likeness (QED) is 0.900. The Morgan fingerprint density at radius 1 is 1.18 bits per heavy atom. The molecule has 1 aromatic carbocycles. The summed E-state index contributed by atoms with van der Waals surface area (Å²) in [5.41, 5.74) is 2.74. The maximum atomic E-state index is 12.6. The van der Waals surface area contributed by atoms with E-state index in [-0.39, 0.29) is 18.7 Å². The van der Waals surface area contributed by atoms with Crippen LogP contribution < -0.4 is 5.32 Å². The molecule has 2 amide bonds. The van der Waals surface area contributed by atoms with Gasteiger partial charge in [0, 0.05) is 25.7 Å². The summed E-state index contributed by atoms with van der Waals surface area (Å²) in [7, 11) is 0. The molecular weight excluding hydrogens is 276 g/mol. The smallest absolute Gasteiger partial charge is 0.317 e. The summed E-state index contributed by atoms with van der Waals surface area (Å²) in [6, 6.07) is 8.81. The largest absolute Gasteiger partial charge is 0.396 e. The maximum absolute atomic E-state index is 12.6. The number of carbonyl (C=O) groups excluding carboxylic acids is 1. The molecule has 120 valence electrons. The summed E-state index contributed by atoms with van der Waals surface area (Å²) in [6.45, 7) is 1.80. The highest BCUT2D eigenvalue weighted by molar-refractivity contribution is 5.74. The number of hydrogen-bond acceptors (Lipinski definition) is 2. The predicted octanol–water partition coefficient (Wildman–Crippen LogP) is 2.35. The lowest BCUT2D eigenvalue weighted by molar-refractivity contribution is 0.188. The summed E-state index contributed by atoms with van der Waals surface area (Å²) < 4.78 is 0. The zero-order chi connectivity index (χ0) is 15.4. The van der Waals surface area contributed by atoms with E-state index < -0.39 is 0 Å². The SMILES string of the molecule is O=C(NC1CCCC1CCO)N1CCc2ccccc2CC1. The number of urea groups is 1. The highest BCUT2D eigenvalue weighted by Gasteiger charge is 2.29. The zero-order valence-electron chi connectivity index (χ0n) is 13.1. The van der Waals surface area contributed by atoms with Gasteiger partial charge in [-0.1, -0.05) is 30.7 Å². The molecule has 0 saturated heterocycles. The van der Waals surface area contributed by atoms with Gasteiger partial charge in [-0.2, -0.15) is 0 Å². The van der Waals surface area contributed by atoms with Crippen molar-refractivity contribution in [2.75, 3.05) is 19.7 Å². The molecule has 1 aliphatic heterocycles. The summed E-state index contributed by atoms with van der Waals surface area (Å²) in [5.74, 6) is 0.443. The van der Waals surface area contributed by atoms with Crippen molar-refractivity contribution in [3.8, 4) is 0 Å². The number of fused-ring (bicyclic) bond motifs is 1. The van der Waals surface area contributed by atoms with Crippen molar-refractivity contribution in [1.29, 1.82) is 0 Å². The topological polar surface area (TPSA) is 52.6 Å². The van der Waals surface area contributed by atoms with E-state index >= 15 is 0 Å². The van der Waals surface area contributed by atoms with E-state index in [0.29, 0.717) is 5.92 Å². The lowest BCUT2D eigenvalue weighted by Crippen LogP contribution is -2.47. The Morgan fingerprint density at radius 2 is 1.86 bits per heavy atom. The van der Waals surface area contributed by atoms with Gasteiger partial charge in [-0.05, 0) is 49.1 Å². The van der Waals surface area contributed by atoms with E-state index in [1.54, 1.807) is 0 Å². The molecule has 3 rings (SSSR count). The fourth-order valence-electron chi connectivity index (χ4n) is 3.86. The van der Waals surface area contributed by atoms with Crippen molar-refractivity contribution in [3.05, 3.63) is 35.4 Å². The van der Waals surface area contributed by atoms with Gasteiger partial charge in [0.05, 0.1) is 0 Å². The Bertz CT molecular complexity index is 491. The zero-order valence-corrected chi connectivity index (χ0v) is 13.1. The molecule has 1 fully saturated rings. The molecule has 2 N–H and O–H groups in total. The number of amides is 2. The first-order valence-corrected chi connectivity index (χ1v) is 8.51. The van der Waals surface area contributed by atoms with Gasteiger partial charge in [-0.3, -0.25) is 0 Å². The predicted molar refractivity (Wildman–Crippen MR) is 86.8 cm³/mol. The van der Waals surface area contributed by atoms with Crippen LogP contribution in [0.4, 0.5) is 4.79 Å². The average molecular weight is 302 g/mol. The number of hydrogen-bond donors (Lipinski definition) is 2. The van der Waals surface area contributed by atoms with Crippen molar-refractivity contribution in [3.63, 3.8) is 0 Å². The van der Waals surface area contributed by atoms with Crippen molar-refractivity contribution in [2.24, 2.45) is 5.92 Å². The number of aliphatic hydroxyl groups is 1. The third-order valence-electron chi connectivity index (χ3n) is 5.18. The number of benzene rings is 1. The van der Waals surface area contributed by atoms with E-state index in [2.05, 4.69) is 29.6 Å². The van der Waals surface area contributed by atoms with Gasteiger partial charge in [0.1, 0.15) is 0 Å². The Morgan fingerprint density at radius 3 is 2.50 bits per heavy atom. The molecule has 2 atom stereocenters. The maximum Gasteiger partial charge on any atom is 0.317 e. The van der Waals surface area contributed by atoms with Crippen LogP contribution in [0.5, 0.6) is 0 Å². The van der Waals surface area contributed by atoms with Crippen LogP contribution >= 0.6 is 0 Å². The fourth-order valence-corrected chi connectivity index (χ4v) is 3.86. The molecule has 1 heterocycles. The van der Waals surface area contributed by atoms with E-state index in [1.165, 1.54) is 11.1 Å². The number of nitrogens with zero attached hydrogens (tertiary/aromatic N) is 1.